The highest BCUT2D eigenvalue weighted by molar-refractivity contribution is 7.89. The molecule has 0 radical (unpaired) electrons. The van der Waals surface area contributed by atoms with Crippen molar-refractivity contribution in [3.63, 3.8) is 0 Å². The van der Waals surface area contributed by atoms with Crippen LogP contribution in [0, 0.1) is 12.3 Å². The molecule has 0 aliphatic heterocycles. The predicted octanol–water partition coefficient (Wildman–Crippen LogP) is 2.29. The zero-order valence-electron chi connectivity index (χ0n) is 10.6. The van der Waals surface area contributed by atoms with Gasteiger partial charge in [0.15, 0.2) is 0 Å². The number of hydrogen-bond donors (Lipinski definition) is 0. The van der Waals surface area contributed by atoms with E-state index in [1.165, 1.54) is 0 Å². The number of hydrogen-bond acceptors (Lipinski definition) is 3. The average molecular weight is 346 g/mol. The van der Waals surface area contributed by atoms with Gasteiger partial charge in [-0.05, 0) is 12.1 Å². The van der Waals surface area contributed by atoms with E-state index in [0.29, 0.717) is 18.3 Å². The van der Waals surface area contributed by atoms with E-state index in [9.17, 15) is 34.8 Å². The highest BCUT2D eigenvalue weighted by Gasteiger charge is 2.37. The van der Waals surface area contributed by atoms with Gasteiger partial charge in [-0.1, -0.05) is 5.92 Å². The molecule has 0 spiro atoms. The van der Waals surface area contributed by atoms with Gasteiger partial charge >= 0.3 is 12.4 Å². The summed E-state index contributed by atoms with van der Waals surface area (Å²) in [5.74, 6) is 1.75. The van der Waals surface area contributed by atoms with Gasteiger partial charge in [-0.2, -0.15) is 30.6 Å². The normalized spacial score (nSPS) is 13.2. The van der Waals surface area contributed by atoms with Crippen LogP contribution in [0.4, 0.5) is 26.3 Å². The van der Waals surface area contributed by atoms with E-state index < -0.39 is 46.1 Å². The standard InChI is InChI=1S/C11H8F6N2O2S/c1-2-5-19(7-10(12,13)14)22(20,21)8-3-4-9(18-6-8)11(15,16)17/h1,3-4,6H,5,7H2. The topological polar surface area (TPSA) is 50.3 Å². The quantitative estimate of drug-likeness (QED) is 0.621. The summed E-state index contributed by atoms with van der Waals surface area (Å²) in [6.07, 6.45) is -4.51. The Kier molecular flexibility index (Phi) is 5.09. The molecule has 0 aliphatic carbocycles. The molecule has 4 nitrogen and oxygen atoms in total. The van der Waals surface area contributed by atoms with E-state index in [1.807, 2.05) is 0 Å². The fraction of sp³-hybridized carbons (Fsp3) is 0.364. The van der Waals surface area contributed by atoms with Crippen molar-refractivity contribution >= 4 is 10.0 Å². The van der Waals surface area contributed by atoms with Crippen LogP contribution < -0.4 is 0 Å². The third-order valence-corrected chi connectivity index (χ3v) is 4.06. The molecule has 1 aromatic heterocycles. The first-order chi connectivity index (χ1) is 9.88. The summed E-state index contributed by atoms with van der Waals surface area (Å²) in [6.45, 7) is -2.75. The fourth-order valence-corrected chi connectivity index (χ4v) is 2.66. The van der Waals surface area contributed by atoms with Crippen molar-refractivity contribution in [2.75, 3.05) is 13.1 Å². The van der Waals surface area contributed by atoms with Crippen LogP contribution in [0.5, 0.6) is 0 Å². The molecule has 11 heteroatoms. The lowest BCUT2D eigenvalue weighted by Gasteiger charge is -2.21. The summed E-state index contributed by atoms with van der Waals surface area (Å²) in [6, 6.07) is 0.875. The van der Waals surface area contributed by atoms with Gasteiger partial charge in [-0.3, -0.25) is 4.98 Å². The third-order valence-electron chi connectivity index (χ3n) is 2.29. The van der Waals surface area contributed by atoms with Crippen LogP contribution in [0.2, 0.25) is 0 Å². The summed E-state index contributed by atoms with van der Waals surface area (Å²) >= 11 is 0. The monoisotopic (exact) mass is 346 g/mol. The van der Waals surface area contributed by atoms with Gasteiger partial charge in [0.25, 0.3) is 0 Å². The Morgan fingerprint density at radius 1 is 1.18 bits per heavy atom. The van der Waals surface area contributed by atoms with E-state index >= 15 is 0 Å². The van der Waals surface area contributed by atoms with Crippen molar-refractivity contribution in [3.8, 4) is 12.3 Å². The summed E-state index contributed by atoms with van der Waals surface area (Å²) in [7, 11) is -4.72. The van der Waals surface area contributed by atoms with Crippen molar-refractivity contribution in [2.24, 2.45) is 0 Å². The molecule has 0 saturated heterocycles. The summed E-state index contributed by atoms with van der Waals surface area (Å²) < 4.78 is 97.9. The molecular formula is C11H8F6N2O2S. The first-order valence-corrected chi connectivity index (χ1v) is 6.85. The average Bonchev–Trinajstić information content (AvgIpc) is 2.36. The van der Waals surface area contributed by atoms with Crippen LogP contribution in [-0.4, -0.2) is 37.0 Å². The lowest BCUT2D eigenvalue weighted by molar-refractivity contribution is -0.141. The SMILES string of the molecule is C#CCN(CC(F)(F)F)S(=O)(=O)c1ccc(C(F)(F)F)nc1. The maximum Gasteiger partial charge on any atom is 0.433 e. The first kappa shape index (κ1) is 18.2. The minimum atomic E-state index is -4.86. The van der Waals surface area contributed by atoms with Gasteiger partial charge in [0.2, 0.25) is 10.0 Å². The third kappa shape index (κ3) is 4.60. The second-order valence-corrected chi connectivity index (χ2v) is 5.91. The number of alkyl halides is 6. The van der Waals surface area contributed by atoms with Crippen LogP contribution in [0.1, 0.15) is 5.69 Å². The predicted molar refractivity (Wildman–Crippen MR) is 62.9 cm³/mol. The number of nitrogens with zero attached hydrogens (tertiary/aromatic N) is 2. The second-order valence-electron chi connectivity index (χ2n) is 3.97. The lowest BCUT2D eigenvalue weighted by atomic mass is 10.3. The molecule has 0 N–H and O–H groups in total. The van der Waals surface area contributed by atoms with E-state index in [-0.39, 0.29) is 4.31 Å². The van der Waals surface area contributed by atoms with Crippen molar-refractivity contribution < 1.29 is 34.8 Å². The molecule has 1 heterocycles. The summed E-state index contributed by atoms with van der Waals surface area (Å²) in [4.78, 5) is 2.07. The van der Waals surface area contributed by atoms with E-state index in [4.69, 9.17) is 6.42 Å². The van der Waals surface area contributed by atoms with Gasteiger partial charge < -0.3 is 0 Å². The Morgan fingerprint density at radius 3 is 2.14 bits per heavy atom. The van der Waals surface area contributed by atoms with Crippen LogP contribution in [0.3, 0.4) is 0 Å². The largest absolute Gasteiger partial charge is 0.433 e. The van der Waals surface area contributed by atoms with Crippen molar-refractivity contribution in [1.29, 1.82) is 0 Å². The summed E-state index contributed by atoms with van der Waals surface area (Å²) in [5, 5.41) is 0. The minimum absolute atomic E-state index is 0.0721. The number of aromatic nitrogens is 1. The molecule has 1 rings (SSSR count). The van der Waals surface area contributed by atoms with E-state index in [1.54, 1.807) is 5.92 Å². The van der Waals surface area contributed by atoms with Gasteiger partial charge in [-0.15, -0.1) is 6.42 Å². The van der Waals surface area contributed by atoms with Gasteiger partial charge in [0.1, 0.15) is 17.1 Å². The minimum Gasteiger partial charge on any atom is -0.250 e. The molecule has 1 aromatic rings. The molecular weight excluding hydrogens is 338 g/mol. The number of halogens is 6. The molecule has 0 aromatic carbocycles. The Bertz CT molecular complexity index is 658. The molecule has 0 atom stereocenters. The maximum absolute atomic E-state index is 12.4. The number of pyridine rings is 1. The van der Waals surface area contributed by atoms with Crippen molar-refractivity contribution in [1.82, 2.24) is 9.29 Å². The van der Waals surface area contributed by atoms with Crippen molar-refractivity contribution in [2.45, 2.75) is 17.2 Å². The van der Waals surface area contributed by atoms with Crippen LogP contribution in [0.15, 0.2) is 23.2 Å². The lowest BCUT2D eigenvalue weighted by Crippen LogP contribution is -2.39. The Balaban J connectivity index is 3.18. The fourth-order valence-electron chi connectivity index (χ4n) is 1.38. The van der Waals surface area contributed by atoms with E-state index in [2.05, 4.69) is 4.98 Å². The number of sulfonamides is 1. The molecule has 0 amide bonds. The highest BCUT2D eigenvalue weighted by atomic mass is 32.2. The second kappa shape index (κ2) is 6.13. The Hall–Kier alpha value is -1.80. The van der Waals surface area contributed by atoms with Gasteiger partial charge in [0.05, 0.1) is 6.54 Å². The zero-order chi connectivity index (χ0) is 17.2. The van der Waals surface area contributed by atoms with Crippen LogP contribution in [0.25, 0.3) is 0 Å². The van der Waals surface area contributed by atoms with Crippen LogP contribution in [-0.2, 0) is 16.2 Å². The Morgan fingerprint density at radius 2 is 1.77 bits per heavy atom. The van der Waals surface area contributed by atoms with Crippen molar-refractivity contribution in [3.05, 3.63) is 24.0 Å². The van der Waals surface area contributed by atoms with Crippen LogP contribution >= 0.6 is 0 Å². The molecule has 122 valence electrons. The number of rotatable bonds is 4. The molecule has 0 saturated carbocycles. The molecule has 22 heavy (non-hydrogen) atoms. The smallest absolute Gasteiger partial charge is 0.250 e. The van der Waals surface area contributed by atoms with Gasteiger partial charge in [0, 0.05) is 6.20 Å². The molecule has 0 fully saturated rings. The molecule has 0 aliphatic rings. The van der Waals surface area contributed by atoms with Gasteiger partial charge in [-0.25, -0.2) is 8.42 Å². The zero-order valence-corrected chi connectivity index (χ0v) is 11.4. The number of terminal acetylenes is 1. The maximum atomic E-state index is 12.4. The summed E-state index contributed by atoms with van der Waals surface area (Å²) in [5.41, 5.74) is -1.37. The van der Waals surface area contributed by atoms with E-state index in [0.717, 1.165) is 0 Å². The Labute approximate surface area is 121 Å². The molecule has 0 unspecified atom stereocenters. The first-order valence-electron chi connectivity index (χ1n) is 5.41. The molecule has 0 bridgehead atoms. The highest BCUT2D eigenvalue weighted by Crippen LogP contribution is 2.28.